The Labute approximate surface area is 195 Å². The van der Waals surface area contributed by atoms with E-state index in [1.165, 1.54) is 11.8 Å². The molecule has 0 spiro atoms. The van der Waals surface area contributed by atoms with E-state index in [1.807, 2.05) is 32.0 Å². The Balaban J connectivity index is 1.53. The van der Waals surface area contributed by atoms with Crippen molar-refractivity contribution in [1.82, 2.24) is 4.90 Å². The summed E-state index contributed by atoms with van der Waals surface area (Å²) >= 11 is 1.22. The number of halogens is 2. The maximum Gasteiger partial charge on any atom is 0.242 e. The molecule has 2 atom stereocenters. The van der Waals surface area contributed by atoms with Crippen LogP contribution in [0.4, 0.5) is 20.2 Å². The molecule has 2 aromatic rings. The van der Waals surface area contributed by atoms with E-state index in [0.717, 1.165) is 41.8 Å². The van der Waals surface area contributed by atoms with E-state index in [4.69, 9.17) is 9.73 Å². The van der Waals surface area contributed by atoms with Crippen molar-refractivity contribution in [1.29, 1.82) is 0 Å². The molecule has 0 radical (unpaired) electrons. The number of thioether (sulfide) groups is 1. The van der Waals surface area contributed by atoms with E-state index in [1.54, 1.807) is 4.90 Å². The van der Waals surface area contributed by atoms with E-state index >= 15 is 0 Å². The van der Waals surface area contributed by atoms with Crippen LogP contribution in [0.2, 0.25) is 0 Å². The van der Waals surface area contributed by atoms with Crippen molar-refractivity contribution in [2.45, 2.75) is 44.5 Å². The molecule has 2 aliphatic heterocycles. The standard InChI is InChI=1S/C24H25F2N3O3S/c1-14-5-6-15(2)20(10-14)28-24-29(13-17-4-3-9-32-17)23(31)21(33-24)12-22(30)27-19-8-7-16(25)11-18(19)26/h5-8,10-11,17,21H,3-4,9,12-13H2,1-2H3,(H,27,30). The number of nitrogens with one attached hydrogen (secondary N) is 1. The van der Waals surface area contributed by atoms with Crippen molar-refractivity contribution in [2.75, 3.05) is 18.5 Å². The number of benzene rings is 2. The van der Waals surface area contributed by atoms with Gasteiger partial charge in [-0.25, -0.2) is 13.8 Å². The SMILES string of the molecule is Cc1ccc(C)c(N=C2SC(CC(=O)Nc3ccc(F)cc3F)C(=O)N2CC2CCCO2)c1. The van der Waals surface area contributed by atoms with Gasteiger partial charge in [-0.1, -0.05) is 23.9 Å². The molecule has 2 aliphatic rings. The number of ether oxygens (including phenoxy) is 1. The second kappa shape index (κ2) is 10.0. The van der Waals surface area contributed by atoms with Crippen LogP contribution in [-0.4, -0.2) is 46.4 Å². The number of hydrogen-bond donors (Lipinski definition) is 1. The number of amidine groups is 1. The maximum absolute atomic E-state index is 13.9. The smallest absolute Gasteiger partial charge is 0.242 e. The summed E-state index contributed by atoms with van der Waals surface area (Å²) in [7, 11) is 0. The van der Waals surface area contributed by atoms with Crippen molar-refractivity contribution in [3.63, 3.8) is 0 Å². The molecule has 2 fully saturated rings. The lowest BCUT2D eigenvalue weighted by molar-refractivity contribution is -0.129. The van der Waals surface area contributed by atoms with Crippen LogP contribution in [0.3, 0.4) is 0 Å². The zero-order valence-electron chi connectivity index (χ0n) is 18.4. The molecule has 9 heteroatoms. The monoisotopic (exact) mass is 473 g/mol. The predicted octanol–water partition coefficient (Wildman–Crippen LogP) is 4.72. The molecule has 33 heavy (non-hydrogen) atoms. The lowest BCUT2D eigenvalue weighted by Gasteiger charge is -2.20. The number of rotatable bonds is 6. The third-order valence-electron chi connectivity index (χ3n) is 5.59. The summed E-state index contributed by atoms with van der Waals surface area (Å²) in [5.74, 6) is -2.36. The van der Waals surface area contributed by atoms with Gasteiger partial charge in [0, 0.05) is 19.1 Å². The number of anilines is 1. The molecule has 174 valence electrons. The van der Waals surface area contributed by atoms with E-state index in [9.17, 15) is 18.4 Å². The Kier molecular flexibility index (Phi) is 7.09. The lowest BCUT2D eigenvalue weighted by atomic mass is 10.1. The second-order valence-electron chi connectivity index (χ2n) is 8.25. The Morgan fingerprint density at radius 3 is 2.79 bits per heavy atom. The fourth-order valence-corrected chi connectivity index (χ4v) is 4.95. The van der Waals surface area contributed by atoms with Crippen molar-refractivity contribution in [3.8, 4) is 0 Å². The molecule has 4 rings (SSSR count). The highest BCUT2D eigenvalue weighted by molar-refractivity contribution is 8.15. The minimum Gasteiger partial charge on any atom is -0.376 e. The molecule has 2 aromatic carbocycles. The molecule has 0 saturated carbocycles. The number of carbonyl (C=O) groups excluding carboxylic acids is 2. The normalized spacial score (nSPS) is 21.8. The van der Waals surface area contributed by atoms with Gasteiger partial charge in [0.05, 0.1) is 24.0 Å². The second-order valence-corrected chi connectivity index (χ2v) is 9.42. The van der Waals surface area contributed by atoms with Gasteiger partial charge >= 0.3 is 0 Å². The van der Waals surface area contributed by atoms with Gasteiger partial charge in [0.25, 0.3) is 0 Å². The number of aliphatic imine (C=N–C) groups is 1. The molecule has 1 N–H and O–H groups in total. The molecule has 0 bridgehead atoms. The molecule has 0 aromatic heterocycles. The summed E-state index contributed by atoms with van der Waals surface area (Å²) in [5, 5.41) is 2.25. The van der Waals surface area contributed by atoms with Crippen LogP contribution in [-0.2, 0) is 14.3 Å². The minimum absolute atomic E-state index is 0.0701. The topological polar surface area (TPSA) is 71.0 Å². The summed E-state index contributed by atoms with van der Waals surface area (Å²) in [6.07, 6.45) is 1.58. The molecule has 2 amide bonds. The predicted molar refractivity (Wildman–Crippen MR) is 125 cm³/mol. The molecule has 2 heterocycles. The number of nitrogens with zero attached hydrogens (tertiary/aromatic N) is 2. The molecular formula is C24H25F2N3O3S. The zero-order valence-corrected chi connectivity index (χ0v) is 19.3. The van der Waals surface area contributed by atoms with Crippen LogP contribution in [0, 0.1) is 25.5 Å². The molecule has 2 unspecified atom stereocenters. The Hall–Kier alpha value is -2.78. The van der Waals surface area contributed by atoms with Gasteiger partial charge in [0.1, 0.15) is 16.9 Å². The lowest BCUT2D eigenvalue weighted by Crippen LogP contribution is -2.38. The number of carbonyl (C=O) groups is 2. The Morgan fingerprint density at radius 2 is 2.06 bits per heavy atom. The van der Waals surface area contributed by atoms with E-state index in [0.29, 0.717) is 24.4 Å². The van der Waals surface area contributed by atoms with Gasteiger partial charge in [-0.05, 0) is 56.0 Å². The van der Waals surface area contributed by atoms with Gasteiger partial charge in [-0.15, -0.1) is 0 Å². The molecule has 0 aliphatic carbocycles. The van der Waals surface area contributed by atoms with Gasteiger partial charge < -0.3 is 10.1 Å². The van der Waals surface area contributed by atoms with Crippen LogP contribution in [0.15, 0.2) is 41.4 Å². The summed E-state index contributed by atoms with van der Waals surface area (Å²) < 4.78 is 32.7. The summed E-state index contributed by atoms with van der Waals surface area (Å²) in [6, 6.07) is 8.84. The molecule has 6 nitrogen and oxygen atoms in total. The van der Waals surface area contributed by atoms with Crippen LogP contribution in [0.5, 0.6) is 0 Å². The largest absolute Gasteiger partial charge is 0.376 e. The fraction of sp³-hybridized carbons (Fsp3) is 0.375. The third-order valence-corrected chi connectivity index (χ3v) is 6.76. The molecular weight excluding hydrogens is 448 g/mol. The molecule has 2 saturated heterocycles. The fourth-order valence-electron chi connectivity index (χ4n) is 3.79. The van der Waals surface area contributed by atoms with E-state index in [2.05, 4.69) is 5.32 Å². The Bertz CT molecular complexity index is 1100. The first-order chi connectivity index (χ1) is 15.8. The summed E-state index contributed by atoms with van der Waals surface area (Å²) in [6.45, 7) is 4.97. The van der Waals surface area contributed by atoms with Crippen molar-refractivity contribution in [2.24, 2.45) is 4.99 Å². The highest BCUT2D eigenvalue weighted by atomic mass is 32.2. The highest BCUT2D eigenvalue weighted by Crippen LogP contribution is 2.34. The highest BCUT2D eigenvalue weighted by Gasteiger charge is 2.40. The van der Waals surface area contributed by atoms with Crippen LogP contribution in [0.25, 0.3) is 0 Å². The third kappa shape index (κ3) is 5.59. The number of amides is 2. The van der Waals surface area contributed by atoms with E-state index in [-0.39, 0.29) is 24.1 Å². The first-order valence-corrected chi connectivity index (χ1v) is 11.7. The van der Waals surface area contributed by atoms with Crippen LogP contribution < -0.4 is 5.32 Å². The maximum atomic E-state index is 13.9. The Morgan fingerprint density at radius 1 is 1.24 bits per heavy atom. The summed E-state index contributed by atoms with van der Waals surface area (Å²) in [5.41, 5.74) is 2.67. The first-order valence-electron chi connectivity index (χ1n) is 10.8. The van der Waals surface area contributed by atoms with Gasteiger partial charge in [-0.2, -0.15) is 0 Å². The van der Waals surface area contributed by atoms with Crippen molar-refractivity contribution in [3.05, 3.63) is 59.2 Å². The summed E-state index contributed by atoms with van der Waals surface area (Å²) in [4.78, 5) is 32.1. The van der Waals surface area contributed by atoms with Crippen LogP contribution in [0.1, 0.15) is 30.4 Å². The van der Waals surface area contributed by atoms with Gasteiger partial charge in [-0.3, -0.25) is 14.5 Å². The average Bonchev–Trinajstić information content (AvgIpc) is 3.37. The van der Waals surface area contributed by atoms with Crippen molar-refractivity contribution < 1.29 is 23.1 Å². The quantitative estimate of drug-likeness (QED) is 0.659. The number of aryl methyl sites for hydroxylation is 2. The van der Waals surface area contributed by atoms with E-state index < -0.39 is 22.8 Å². The van der Waals surface area contributed by atoms with Crippen molar-refractivity contribution >= 4 is 40.1 Å². The zero-order chi connectivity index (χ0) is 23.5. The number of hydrogen-bond acceptors (Lipinski definition) is 5. The van der Waals surface area contributed by atoms with Gasteiger partial charge in [0.2, 0.25) is 11.8 Å². The van der Waals surface area contributed by atoms with Crippen LogP contribution >= 0.6 is 11.8 Å². The average molecular weight is 474 g/mol. The first kappa shape index (κ1) is 23.4. The minimum atomic E-state index is -0.870. The van der Waals surface area contributed by atoms with Gasteiger partial charge in [0.15, 0.2) is 5.17 Å².